The second kappa shape index (κ2) is 44.9. The molecule has 2 fully saturated rings. The van der Waals surface area contributed by atoms with E-state index in [1.165, 1.54) is 51.4 Å². The van der Waals surface area contributed by atoms with E-state index in [1.807, 2.05) is 12.2 Å². The molecule has 0 amide bonds. The summed E-state index contributed by atoms with van der Waals surface area (Å²) in [6.45, 7) is 3.30. The maximum Gasteiger partial charge on any atom is 0.310 e. The lowest BCUT2D eigenvalue weighted by Crippen LogP contribution is -2.61. The van der Waals surface area contributed by atoms with Gasteiger partial charge in [-0.3, -0.25) is 4.79 Å². The summed E-state index contributed by atoms with van der Waals surface area (Å²) in [6, 6.07) is 0. The minimum absolute atomic E-state index is 0.0124. The van der Waals surface area contributed by atoms with Gasteiger partial charge in [0.15, 0.2) is 12.6 Å². The first kappa shape index (κ1) is 65.8. The highest BCUT2D eigenvalue weighted by Gasteiger charge is 2.47. The Morgan fingerprint density at radius 3 is 1.33 bits per heavy atom. The summed E-state index contributed by atoms with van der Waals surface area (Å²) in [7, 11) is 0. The second-order valence-corrected chi connectivity index (χ2v) is 18.7. The first-order valence-corrected chi connectivity index (χ1v) is 27.5. The molecule has 2 aliphatic rings. The van der Waals surface area contributed by atoms with Gasteiger partial charge in [0, 0.05) is 6.61 Å². The van der Waals surface area contributed by atoms with E-state index >= 15 is 0 Å². The van der Waals surface area contributed by atoms with Crippen LogP contribution in [0.5, 0.6) is 0 Å². The van der Waals surface area contributed by atoms with Crippen molar-refractivity contribution in [1.82, 2.24) is 0 Å². The Bertz CT molecular complexity index is 1620. The van der Waals surface area contributed by atoms with Crippen molar-refractivity contribution in [3.63, 3.8) is 0 Å². The van der Waals surface area contributed by atoms with Crippen LogP contribution in [-0.4, -0.2) is 142 Å². The maximum atomic E-state index is 13.0. The molecule has 14 heteroatoms. The average Bonchev–Trinajstić information content (AvgIpc) is 3.39. The molecule has 416 valence electrons. The van der Waals surface area contributed by atoms with Crippen LogP contribution in [0.4, 0.5) is 0 Å². The van der Waals surface area contributed by atoms with E-state index in [1.54, 1.807) is 6.08 Å². The Hall–Kier alpha value is -3.35. The topological polar surface area (TPSA) is 214 Å². The van der Waals surface area contributed by atoms with Crippen LogP contribution in [0.15, 0.2) is 109 Å². The summed E-state index contributed by atoms with van der Waals surface area (Å²) in [6.07, 6.45) is 44.7. The third-order valence-corrected chi connectivity index (χ3v) is 12.3. The van der Waals surface area contributed by atoms with Crippen LogP contribution in [0.25, 0.3) is 0 Å². The molecule has 0 aliphatic carbocycles. The van der Waals surface area contributed by atoms with Gasteiger partial charge in [-0.05, 0) is 77.0 Å². The normalized spacial score (nSPS) is 25.8. The van der Waals surface area contributed by atoms with E-state index in [0.717, 1.165) is 77.0 Å². The standard InChI is InChI=1S/C59H96O14/c1-3-5-7-9-11-13-15-17-19-20-21-22-23-24-25-26-27-29-31-33-35-37-39-41-43-68-45-48(71-51(61)42-40-38-36-34-32-30-28-18-16-14-12-10-8-6-4-2)46-69-58-57(67)55(65)53(63)50(73-58)47-70-59-56(66)54(64)52(62)49(44-60)72-59/h5-8,11-14,17-19,21-22,28,32,34,38,40,48-50,52-60,62-67H,3-4,9-10,15-16,20,23-27,29-31,33,35-37,39,41-47H2,1-2H3/b7-5-,8-6-,13-11-,14-12-,19-17-,22-21-,28-18-,34-32-,40-38-. The van der Waals surface area contributed by atoms with Gasteiger partial charge in [-0.25, -0.2) is 0 Å². The van der Waals surface area contributed by atoms with Crippen LogP contribution >= 0.6 is 0 Å². The molecule has 0 saturated carbocycles. The van der Waals surface area contributed by atoms with Gasteiger partial charge in [0.1, 0.15) is 54.9 Å². The average molecular weight is 1030 g/mol. The lowest BCUT2D eigenvalue weighted by atomic mass is 9.98. The van der Waals surface area contributed by atoms with Crippen LogP contribution in [0, 0.1) is 0 Å². The molecule has 73 heavy (non-hydrogen) atoms. The molecule has 2 heterocycles. The van der Waals surface area contributed by atoms with Gasteiger partial charge >= 0.3 is 5.97 Å². The molecular formula is C59H96O14. The lowest BCUT2D eigenvalue weighted by Gasteiger charge is -2.42. The summed E-state index contributed by atoms with van der Waals surface area (Å²) in [5, 5.41) is 72.2. The predicted octanol–water partition coefficient (Wildman–Crippen LogP) is 9.18. The molecule has 0 radical (unpaired) electrons. The van der Waals surface area contributed by atoms with Crippen molar-refractivity contribution in [3.8, 4) is 0 Å². The number of hydrogen-bond acceptors (Lipinski definition) is 14. The number of carbonyl (C=O) groups excluding carboxylic acids is 1. The van der Waals surface area contributed by atoms with Crippen molar-refractivity contribution >= 4 is 5.97 Å². The number of carbonyl (C=O) groups is 1. The third kappa shape index (κ3) is 32.0. The maximum absolute atomic E-state index is 13.0. The van der Waals surface area contributed by atoms with Crippen LogP contribution in [-0.2, 0) is 33.2 Å². The van der Waals surface area contributed by atoms with Crippen molar-refractivity contribution in [3.05, 3.63) is 109 Å². The highest BCUT2D eigenvalue weighted by atomic mass is 16.7. The highest BCUT2D eigenvalue weighted by molar-refractivity contribution is 5.71. The van der Waals surface area contributed by atoms with E-state index in [9.17, 15) is 40.5 Å². The number of ether oxygens (including phenoxy) is 6. The summed E-state index contributed by atoms with van der Waals surface area (Å²) < 4.78 is 34.2. The number of esters is 1. The van der Waals surface area contributed by atoms with Crippen molar-refractivity contribution in [2.24, 2.45) is 0 Å². The van der Waals surface area contributed by atoms with Gasteiger partial charge in [-0.1, -0.05) is 181 Å². The molecule has 2 saturated heterocycles. The van der Waals surface area contributed by atoms with Crippen molar-refractivity contribution in [1.29, 1.82) is 0 Å². The monoisotopic (exact) mass is 1030 g/mol. The van der Waals surface area contributed by atoms with Crippen LogP contribution in [0.2, 0.25) is 0 Å². The van der Waals surface area contributed by atoms with Gasteiger partial charge in [0.05, 0.1) is 32.8 Å². The number of allylic oxidation sites excluding steroid dienone is 17. The molecule has 2 aliphatic heterocycles. The Morgan fingerprint density at radius 1 is 0.452 bits per heavy atom. The quantitative estimate of drug-likeness (QED) is 0.0173. The molecular weight excluding hydrogens is 933 g/mol. The van der Waals surface area contributed by atoms with Crippen molar-refractivity contribution in [2.75, 3.05) is 33.0 Å². The zero-order valence-electron chi connectivity index (χ0n) is 44.3. The predicted molar refractivity (Wildman–Crippen MR) is 288 cm³/mol. The molecule has 0 spiro atoms. The molecule has 11 unspecified atom stereocenters. The van der Waals surface area contributed by atoms with Gasteiger partial charge in [-0.2, -0.15) is 0 Å². The Labute approximate surface area is 438 Å². The third-order valence-electron chi connectivity index (χ3n) is 12.3. The van der Waals surface area contributed by atoms with Crippen LogP contribution < -0.4 is 0 Å². The summed E-state index contributed by atoms with van der Waals surface area (Å²) in [4.78, 5) is 13.0. The largest absolute Gasteiger partial charge is 0.457 e. The smallest absolute Gasteiger partial charge is 0.310 e. The number of aliphatic hydroxyl groups excluding tert-OH is 7. The lowest BCUT2D eigenvalue weighted by molar-refractivity contribution is -0.332. The molecule has 14 nitrogen and oxygen atoms in total. The fourth-order valence-electron chi connectivity index (χ4n) is 7.94. The summed E-state index contributed by atoms with van der Waals surface area (Å²) in [5.41, 5.74) is 0. The molecule has 0 aromatic carbocycles. The van der Waals surface area contributed by atoms with E-state index < -0.39 is 86.7 Å². The summed E-state index contributed by atoms with van der Waals surface area (Å²) >= 11 is 0. The SMILES string of the molecule is CC/C=C\C/C=C\C/C=C\C/C=C\C/C=C\CC(=O)OC(COCCCCCCCCCCCCC/C=C\C/C=C\C/C=C\C/C=C\CC)COC1OC(COC2OC(CO)C(O)C(O)C2O)C(O)C(O)C1O. The van der Waals surface area contributed by atoms with Gasteiger partial charge in [0.25, 0.3) is 0 Å². The molecule has 0 aromatic heterocycles. The fraction of sp³-hybridized carbons (Fsp3) is 0.678. The minimum Gasteiger partial charge on any atom is -0.457 e. The zero-order valence-corrected chi connectivity index (χ0v) is 44.3. The van der Waals surface area contributed by atoms with Crippen LogP contribution in [0.3, 0.4) is 0 Å². The van der Waals surface area contributed by atoms with E-state index in [-0.39, 0.29) is 19.6 Å². The number of rotatable bonds is 42. The summed E-state index contributed by atoms with van der Waals surface area (Å²) in [5.74, 6) is -0.508. The first-order chi connectivity index (χ1) is 35.6. The van der Waals surface area contributed by atoms with Crippen molar-refractivity contribution in [2.45, 2.75) is 223 Å². The minimum atomic E-state index is -1.73. The molecule has 11 atom stereocenters. The number of hydrogen-bond donors (Lipinski definition) is 7. The zero-order chi connectivity index (χ0) is 53.0. The van der Waals surface area contributed by atoms with Crippen molar-refractivity contribution < 1.29 is 69.0 Å². The van der Waals surface area contributed by atoms with E-state index in [0.29, 0.717) is 13.0 Å². The number of aliphatic hydroxyl groups is 7. The van der Waals surface area contributed by atoms with E-state index in [2.05, 4.69) is 105 Å². The fourth-order valence-corrected chi connectivity index (χ4v) is 7.94. The van der Waals surface area contributed by atoms with Gasteiger partial charge in [-0.15, -0.1) is 0 Å². The van der Waals surface area contributed by atoms with E-state index in [4.69, 9.17) is 28.4 Å². The Morgan fingerprint density at radius 2 is 0.849 bits per heavy atom. The first-order valence-electron chi connectivity index (χ1n) is 27.5. The molecule has 0 bridgehead atoms. The highest BCUT2D eigenvalue weighted by Crippen LogP contribution is 2.26. The van der Waals surface area contributed by atoms with Gasteiger partial charge in [0.2, 0.25) is 0 Å². The second-order valence-electron chi connectivity index (χ2n) is 18.7. The molecule has 0 aromatic rings. The Kier molecular flexibility index (Phi) is 40.4. The van der Waals surface area contributed by atoms with Gasteiger partial charge < -0.3 is 64.2 Å². The van der Waals surface area contributed by atoms with Crippen LogP contribution in [0.1, 0.15) is 155 Å². The molecule has 7 N–H and O–H groups in total. The molecule has 2 rings (SSSR count). The number of unbranched alkanes of at least 4 members (excludes halogenated alkanes) is 11. The Balaban J connectivity index is 1.75.